The van der Waals surface area contributed by atoms with Gasteiger partial charge in [-0.2, -0.15) is 9.57 Å². The van der Waals surface area contributed by atoms with E-state index in [2.05, 4.69) is 0 Å². The number of nitrogens with zero attached hydrogens (tertiary/aromatic N) is 2. The van der Waals surface area contributed by atoms with Gasteiger partial charge < -0.3 is 5.11 Å². The molecule has 6 heteroatoms. The van der Waals surface area contributed by atoms with Crippen LogP contribution in [0.25, 0.3) is 0 Å². The fourth-order valence-electron chi connectivity index (χ4n) is 1.85. The molecule has 1 fully saturated rings. The van der Waals surface area contributed by atoms with Crippen molar-refractivity contribution in [3.63, 3.8) is 0 Å². The number of sulfonamides is 1. The van der Waals surface area contributed by atoms with Crippen LogP contribution in [0.2, 0.25) is 0 Å². The maximum Gasteiger partial charge on any atom is 0.244 e. The number of hydrogen-bond donors (Lipinski definition) is 1. The minimum Gasteiger partial charge on any atom is -0.392 e. The predicted molar refractivity (Wildman–Crippen MR) is 60.5 cm³/mol. The van der Waals surface area contributed by atoms with Crippen LogP contribution < -0.4 is 0 Å². The Labute approximate surface area is 100.0 Å². The molecule has 0 radical (unpaired) electrons. The molecule has 0 aliphatic carbocycles. The van der Waals surface area contributed by atoms with Crippen molar-refractivity contribution >= 4 is 10.0 Å². The molecule has 1 heterocycles. The van der Waals surface area contributed by atoms with E-state index in [0.717, 1.165) is 0 Å². The summed E-state index contributed by atoms with van der Waals surface area (Å²) in [5.74, 6) is 0. The van der Waals surface area contributed by atoms with Gasteiger partial charge in [0.05, 0.1) is 16.6 Å². The van der Waals surface area contributed by atoms with Crippen molar-refractivity contribution < 1.29 is 13.5 Å². The number of β-amino-alcohol motifs (C(OH)–C–C–N with tert-alkyl or cyclic N) is 1. The van der Waals surface area contributed by atoms with Gasteiger partial charge in [-0.1, -0.05) is 12.1 Å². The zero-order valence-corrected chi connectivity index (χ0v) is 9.89. The first-order chi connectivity index (χ1) is 8.05. The molecule has 5 nitrogen and oxygen atoms in total. The molecule has 90 valence electrons. The van der Waals surface area contributed by atoms with E-state index < -0.39 is 16.1 Å². The average molecular weight is 252 g/mol. The smallest absolute Gasteiger partial charge is 0.244 e. The van der Waals surface area contributed by atoms with E-state index in [1.165, 1.54) is 16.4 Å². The van der Waals surface area contributed by atoms with Crippen LogP contribution in [0.1, 0.15) is 12.0 Å². The van der Waals surface area contributed by atoms with Gasteiger partial charge in [0.1, 0.15) is 6.07 Å². The van der Waals surface area contributed by atoms with Crippen LogP contribution in [-0.4, -0.2) is 37.0 Å². The summed E-state index contributed by atoms with van der Waals surface area (Å²) in [5, 5.41) is 18.3. The molecule has 2 rings (SSSR count). The summed E-state index contributed by atoms with van der Waals surface area (Å²) in [6.45, 7) is 0.394. The van der Waals surface area contributed by atoms with Gasteiger partial charge >= 0.3 is 0 Å². The fourth-order valence-corrected chi connectivity index (χ4v) is 3.49. The van der Waals surface area contributed by atoms with Gasteiger partial charge in [-0.3, -0.25) is 0 Å². The standard InChI is InChI=1S/C11H12N2O3S/c12-7-9-3-1-2-4-11(9)17(15,16)13-6-5-10(14)8-13/h1-4,10,14H,5-6,8H2/t10-/m0/s1. The highest BCUT2D eigenvalue weighted by Gasteiger charge is 2.32. The van der Waals surface area contributed by atoms with Crippen molar-refractivity contribution in [1.29, 1.82) is 5.26 Å². The third-order valence-corrected chi connectivity index (χ3v) is 4.67. The van der Waals surface area contributed by atoms with Crippen LogP contribution in [-0.2, 0) is 10.0 Å². The molecule has 1 saturated heterocycles. The van der Waals surface area contributed by atoms with Crippen LogP contribution in [0, 0.1) is 11.3 Å². The number of hydrogen-bond acceptors (Lipinski definition) is 4. The molecule has 1 aromatic rings. The van der Waals surface area contributed by atoms with Crippen molar-refractivity contribution in [2.45, 2.75) is 17.4 Å². The van der Waals surface area contributed by atoms with Crippen molar-refractivity contribution in [3.8, 4) is 6.07 Å². The first-order valence-electron chi connectivity index (χ1n) is 5.23. The number of aliphatic hydroxyl groups is 1. The van der Waals surface area contributed by atoms with Crippen LogP contribution in [0.4, 0.5) is 0 Å². The Morgan fingerprint density at radius 2 is 2.12 bits per heavy atom. The average Bonchev–Trinajstić information content (AvgIpc) is 2.76. The highest BCUT2D eigenvalue weighted by molar-refractivity contribution is 7.89. The molecule has 0 aromatic heterocycles. The van der Waals surface area contributed by atoms with Gasteiger partial charge in [-0.25, -0.2) is 8.42 Å². The predicted octanol–water partition coefficient (Wildman–Crippen LogP) is 0.314. The zero-order valence-electron chi connectivity index (χ0n) is 9.07. The first-order valence-corrected chi connectivity index (χ1v) is 6.67. The molecule has 1 aliphatic heterocycles. The summed E-state index contributed by atoms with van der Waals surface area (Å²) in [6, 6.07) is 7.96. The van der Waals surface area contributed by atoms with Gasteiger partial charge in [0.25, 0.3) is 0 Å². The second-order valence-corrected chi connectivity index (χ2v) is 5.82. The molecule has 0 spiro atoms. The van der Waals surface area contributed by atoms with Crippen LogP contribution in [0.5, 0.6) is 0 Å². The highest BCUT2D eigenvalue weighted by atomic mass is 32.2. The number of nitriles is 1. The van der Waals surface area contributed by atoms with Gasteiger partial charge in [0.2, 0.25) is 10.0 Å². The molecular weight excluding hydrogens is 240 g/mol. The van der Waals surface area contributed by atoms with Crippen molar-refractivity contribution in [2.24, 2.45) is 0 Å². The van der Waals surface area contributed by atoms with E-state index in [-0.39, 0.29) is 17.0 Å². The molecule has 1 atom stereocenters. The summed E-state index contributed by atoms with van der Waals surface area (Å²) in [7, 11) is -3.66. The molecule has 0 saturated carbocycles. The first kappa shape index (κ1) is 12.0. The lowest BCUT2D eigenvalue weighted by molar-refractivity contribution is 0.189. The van der Waals surface area contributed by atoms with Crippen molar-refractivity contribution in [3.05, 3.63) is 29.8 Å². The summed E-state index contributed by atoms with van der Waals surface area (Å²) in [6.07, 6.45) is -0.174. The van der Waals surface area contributed by atoms with E-state index in [1.807, 2.05) is 6.07 Å². The Hall–Kier alpha value is -1.42. The van der Waals surface area contributed by atoms with E-state index in [9.17, 15) is 13.5 Å². The number of rotatable bonds is 2. The minimum atomic E-state index is -3.66. The molecular formula is C11H12N2O3S. The normalized spacial score (nSPS) is 21.3. The summed E-state index contributed by atoms with van der Waals surface area (Å²) >= 11 is 0. The molecule has 0 bridgehead atoms. The molecule has 17 heavy (non-hydrogen) atoms. The quantitative estimate of drug-likeness (QED) is 0.821. The van der Waals surface area contributed by atoms with Gasteiger partial charge in [-0.05, 0) is 18.6 Å². The third-order valence-electron chi connectivity index (χ3n) is 2.75. The summed E-state index contributed by atoms with van der Waals surface area (Å²) in [4.78, 5) is 0.0107. The lowest BCUT2D eigenvalue weighted by Gasteiger charge is -2.16. The second-order valence-electron chi connectivity index (χ2n) is 3.91. The summed E-state index contributed by atoms with van der Waals surface area (Å²) in [5.41, 5.74) is 0.133. The van der Waals surface area contributed by atoms with Crippen molar-refractivity contribution in [2.75, 3.05) is 13.1 Å². The van der Waals surface area contributed by atoms with Crippen LogP contribution in [0.3, 0.4) is 0 Å². The van der Waals surface area contributed by atoms with E-state index >= 15 is 0 Å². The maximum atomic E-state index is 12.2. The van der Waals surface area contributed by atoms with Crippen molar-refractivity contribution in [1.82, 2.24) is 4.31 Å². The largest absolute Gasteiger partial charge is 0.392 e. The van der Waals surface area contributed by atoms with E-state index in [0.29, 0.717) is 13.0 Å². The Bertz CT molecular complexity index is 562. The Morgan fingerprint density at radius 3 is 2.71 bits per heavy atom. The summed E-state index contributed by atoms with van der Waals surface area (Å²) < 4.78 is 25.7. The topological polar surface area (TPSA) is 81.4 Å². The molecule has 1 N–H and O–H groups in total. The molecule has 0 unspecified atom stereocenters. The van der Waals surface area contributed by atoms with Gasteiger partial charge in [0.15, 0.2) is 0 Å². The lowest BCUT2D eigenvalue weighted by Crippen LogP contribution is -2.30. The Kier molecular flexibility index (Phi) is 3.15. The lowest BCUT2D eigenvalue weighted by atomic mass is 10.2. The Balaban J connectivity index is 2.42. The van der Waals surface area contributed by atoms with Crippen LogP contribution >= 0.6 is 0 Å². The van der Waals surface area contributed by atoms with Gasteiger partial charge in [0, 0.05) is 13.1 Å². The maximum absolute atomic E-state index is 12.2. The fraction of sp³-hybridized carbons (Fsp3) is 0.364. The molecule has 1 aliphatic rings. The van der Waals surface area contributed by atoms with E-state index in [4.69, 9.17) is 5.26 Å². The number of aliphatic hydroxyl groups excluding tert-OH is 1. The van der Waals surface area contributed by atoms with Gasteiger partial charge in [-0.15, -0.1) is 0 Å². The number of benzene rings is 1. The third kappa shape index (κ3) is 2.17. The Morgan fingerprint density at radius 1 is 1.41 bits per heavy atom. The zero-order chi connectivity index (χ0) is 12.5. The minimum absolute atomic E-state index is 0.0107. The highest BCUT2D eigenvalue weighted by Crippen LogP contribution is 2.23. The second kappa shape index (κ2) is 4.45. The molecule has 0 amide bonds. The SMILES string of the molecule is N#Cc1ccccc1S(=O)(=O)N1CC[C@H](O)C1. The van der Waals surface area contributed by atoms with Crippen LogP contribution in [0.15, 0.2) is 29.2 Å². The molecule has 1 aromatic carbocycles. The van der Waals surface area contributed by atoms with E-state index in [1.54, 1.807) is 12.1 Å². The monoisotopic (exact) mass is 252 g/mol.